The lowest BCUT2D eigenvalue weighted by Gasteiger charge is -2.19. The molecule has 1 aliphatic heterocycles. The highest BCUT2D eigenvalue weighted by molar-refractivity contribution is 9.10. The molecule has 0 aromatic heterocycles. The Balaban J connectivity index is 2.50. The van der Waals surface area contributed by atoms with E-state index in [0.717, 1.165) is 18.1 Å². The average Bonchev–Trinajstić information content (AvgIpc) is 2.82. The summed E-state index contributed by atoms with van der Waals surface area (Å²) in [5.74, 6) is -2.05. The second-order valence-electron chi connectivity index (χ2n) is 4.58. The smallest absolute Gasteiger partial charge is 0.340 e. The van der Waals surface area contributed by atoms with Crippen molar-refractivity contribution in [2.75, 3.05) is 18.6 Å². The number of methoxy groups -OCH3 is 1. The largest absolute Gasteiger partial charge is 0.465 e. The summed E-state index contributed by atoms with van der Waals surface area (Å²) >= 11 is 2.94. The Morgan fingerprint density at radius 1 is 1.50 bits per heavy atom. The van der Waals surface area contributed by atoms with Crippen LogP contribution in [-0.2, 0) is 18.6 Å². The van der Waals surface area contributed by atoms with Gasteiger partial charge in [0, 0.05) is 23.6 Å². The summed E-state index contributed by atoms with van der Waals surface area (Å²) in [4.78, 5) is 24.8. The molecule has 1 heterocycles. The van der Waals surface area contributed by atoms with Crippen molar-refractivity contribution in [2.45, 2.75) is 11.7 Å². The highest BCUT2D eigenvalue weighted by Gasteiger charge is 2.39. The number of ether oxygens (including phenoxy) is 1. The molecule has 120 valence electrons. The number of esters is 1. The normalized spacial score (nSPS) is 18.6. The third kappa shape index (κ3) is 3.26. The number of carbonyl (C=O) groups excluding carboxylic acids is 2. The van der Waals surface area contributed by atoms with Crippen molar-refractivity contribution in [2.24, 2.45) is 0 Å². The molecule has 0 N–H and O–H groups in total. The van der Waals surface area contributed by atoms with Crippen LogP contribution in [0.4, 0.5) is 10.1 Å². The van der Waals surface area contributed by atoms with Crippen LogP contribution < -0.4 is 4.90 Å². The maximum Gasteiger partial charge on any atom is 0.340 e. The molecule has 1 aromatic rings. The summed E-state index contributed by atoms with van der Waals surface area (Å²) in [6.45, 7) is -0.254. The van der Waals surface area contributed by atoms with Crippen LogP contribution in [0.1, 0.15) is 16.8 Å². The standard InChI is InChI=1S/C12H10BrClFNO5S/c1-21-12(18)7-3-8(13)9(15)4-10(7)16-5-6(2-11(16)17)22(14,19)20/h3-4,6H,2,5H2,1H3. The third-order valence-corrected chi connectivity index (χ3v) is 5.70. The number of nitrogens with zero attached hydrogens (tertiary/aromatic N) is 1. The van der Waals surface area contributed by atoms with Crippen LogP contribution in [0.15, 0.2) is 16.6 Å². The molecule has 0 aliphatic carbocycles. The second kappa shape index (κ2) is 6.13. The van der Waals surface area contributed by atoms with Crippen molar-refractivity contribution < 1.29 is 27.1 Å². The van der Waals surface area contributed by atoms with Crippen molar-refractivity contribution in [1.82, 2.24) is 0 Å². The van der Waals surface area contributed by atoms with Crippen molar-refractivity contribution in [3.05, 3.63) is 28.0 Å². The molecule has 1 aromatic carbocycles. The molecule has 1 amide bonds. The average molecular weight is 415 g/mol. The van der Waals surface area contributed by atoms with Crippen LogP contribution in [0.5, 0.6) is 0 Å². The van der Waals surface area contributed by atoms with Gasteiger partial charge in [0.05, 0.1) is 22.8 Å². The van der Waals surface area contributed by atoms with E-state index in [9.17, 15) is 22.4 Å². The monoisotopic (exact) mass is 413 g/mol. The fourth-order valence-electron chi connectivity index (χ4n) is 2.13. The Kier molecular flexibility index (Phi) is 4.78. The van der Waals surface area contributed by atoms with Gasteiger partial charge in [0.15, 0.2) is 0 Å². The van der Waals surface area contributed by atoms with E-state index in [-0.39, 0.29) is 28.7 Å². The van der Waals surface area contributed by atoms with Gasteiger partial charge in [-0.1, -0.05) is 0 Å². The van der Waals surface area contributed by atoms with Crippen molar-refractivity contribution in [1.29, 1.82) is 0 Å². The first-order valence-corrected chi connectivity index (χ1v) is 9.13. The second-order valence-corrected chi connectivity index (χ2v) is 8.34. The minimum atomic E-state index is -3.94. The molecule has 0 spiro atoms. The minimum absolute atomic E-state index is 0.0183. The van der Waals surface area contributed by atoms with Crippen LogP contribution in [0.2, 0.25) is 0 Å². The Hall–Kier alpha value is -1.19. The van der Waals surface area contributed by atoms with Crippen LogP contribution in [-0.4, -0.2) is 39.2 Å². The highest BCUT2D eigenvalue weighted by Crippen LogP contribution is 2.33. The van der Waals surface area contributed by atoms with Gasteiger partial charge in [0.2, 0.25) is 15.0 Å². The summed E-state index contributed by atoms with van der Waals surface area (Å²) in [7, 11) is 2.46. The SMILES string of the molecule is COC(=O)c1cc(Br)c(F)cc1N1CC(S(=O)(=O)Cl)CC1=O. The lowest BCUT2D eigenvalue weighted by atomic mass is 10.1. The fourth-order valence-corrected chi connectivity index (χ4v) is 3.50. The lowest BCUT2D eigenvalue weighted by molar-refractivity contribution is -0.117. The Morgan fingerprint density at radius 3 is 2.64 bits per heavy atom. The molecule has 22 heavy (non-hydrogen) atoms. The Labute approximate surface area is 138 Å². The van der Waals surface area contributed by atoms with Gasteiger partial charge in [-0.2, -0.15) is 0 Å². The molecule has 0 saturated carbocycles. The topological polar surface area (TPSA) is 80.8 Å². The summed E-state index contributed by atoms with van der Waals surface area (Å²) in [5.41, 5.74) is -0.114. The summed E-state index contributed by atoms with van der Waals surface area (Å²) in [5, 5.41) is -1.11. The van der Waals surface area contributed by atoms with E-state index >= 15 is 0 Å². The van der Waals surface area contributed by atoms with Crippen molar-refractivity contribution in [3.63, 3.8) is 0 Å². The third-order valence-electron chi connectivity index (χ3n) is 3.22. The number of rotatable bonds is 3. The van der Waals surface area contributed by atoms with Gasteiger partial charge < -0.3 is 9.64 Å². The molecule has 6 nitrogen and oxygen atoms in total. The molecule has 1 aliphatic rings. The van der Waals surface area contributed by atoms with E-state index in [2.05, 4.69) is 20.7 Å². The van der Waals surface area contributed by atoms with E-state index in [1.54, 1.807) is 0 Å². The van der Waals surface area contributed by atoms with Crippen LogP contribution >= 0.6 is 26.6 Å². The van der Waals surface area contributed by atoms with Gasteiger partial charge in [-0.05, 0) is 28.1 Å². The summed E-state index contributed by atoms with van der Waals surface area (Å²) in [6.07, 6.45) is -0.329. The van der Waals surface area contributed by atoms with Gasteiger partial charge in [-0.15, -0.1) is 0 Å². The van der Waals surface area contributed by atoms with Crippen molar-refractivity contribution in [3.8, 4) is 0 Å². The van der Waals surface area contributed by atoms with Crippen LogP contribution in [0, 0.1) is 5.82 Å². The molecular weight excluding hydrogens is 405 g/mol. The molecule has 1 unspecified atom stereocenters. The predicted molar refractivity (Wildman–Crippen MR) is 81.0 cm³/mol. The number of anilines is 1. The molecule has 10 heteroatoms. The van der Waals surface area contributed by atoms with Gasteiger partial charge >= 0.3 is 5.97 Å². The number of benzene rings is 1. The van der Waals surface area contributed by atoms with Crippen LogP contribution in [0.25, 0.3) is 0 Å². The van der Waals surface area contributed by atoms with E-state index < -0.39 is 32.0 Å². The maximum absolute atomic E-state index is 13.8. The number of hydrogen-bond acceptors (Lipinski definition) is 5. The molecule has 1 fully saturated rings. The maximum atomic E-state index is 13.8. The number of amides is 1. The first-order valence-electron chi connectivity index (χ1n) is 5.96. The van der Waals surface area contributed by atoms with E-state index in [1.807, 2.05) is 0 Å². The Morgan fingerprint density at radius 2 is 2.14 bits per heavy atom. The Bertz CT molecular complexity index is 754. The molecule has 2 rings (SSSR count). The quantitative estimate of drug-likeness (QED) is 0.558. The lowest BCUT2D eigenvalue weighted by Crippen LogP contribution is -2.28. The molecule has 0 bridgehead atoms. The summed E-state index contributed by atoms with van der Waals surface area (Å²) < 4.78 is 41.1. The predicted octanol–water partition coefficient (Wildman–Crippen LogP) is 2.05. The first-order chi connectivity index (χ1) is 10.1. The fraction of sp³-hybridized carbons (Fsp3) is 0.333. The number of halogens is 3. The zero-order valence-electron chi connectivity index (χ0n) is 11.2. The van der Waals surface area contributed by atoms with Gasteiger partial charge in [-0.3, -0.25) is 4.79 Å². The highest BCUT2D eigenvalue weighted by atomic mass is 79.9. The van der Waals surface area contributed by atoms with E-state index in [1.165, 1.54) is 6.07 Å². The van der Waals surface area contributed by atoms with E-state index in [0.29, 0.717) is 0 Å². The number of carbonyl (C=O) groups is 2. The van der Waals surface area contributed by atoms with Crippen molar-refractivity contribution >= 4 is 53.2 Å². The van der Waals surface area contributed by atoms with E-state index in [4.69, 9.17) is 10.7 Å². The number of hydrogen-bond donors (Lipinski definition) is 0. The molecular formula is C12H10BrClFNO5S. The summed E-state index contributed by atoms with van der Waals surface area (Å²) in [6, 6.07) is 2.14. The minimum Gasteiger partial charge on any atom is -0.465 e. The van der Waals surface area contributed by atoms with Gasteiger partial charge in [-0.25, -0.2) is 17.6 Å². The van der Waals surface area contributed by atoms with Crippen LogP contribution in [0.3, 0.4) is 0 Å². The molecule has 0 radical (unpaired) electrons. The zero-order valence-corrected chi connectivity index (χ0v) is 14.3. The zero-order chi connectivity index (χ0) is 16.7. The molecule has 1 atom stereocenters. The molecule has 1 saturated heterocycles. The van der Waals surface area contributed by atoms with Gasteiger partial charge in [0.1, 0.15) is 11.1 Å². The first kappa shape index (κ1) is 17.2. The van der Waals surface area contributed by atoms with Gasteiger partial charge in [0.25, 0.3) is 0 Å².